The first-order valence-electron chi connectivity index (χ1n) is 8.62. The van der Waals surface area contributed by atoms with Crippen molar-refractivity contribution in [3.05, 3.63) is 65.2 Å². The summed E-state index contributed by atoms with van der Waals surface area (Å²) in [4.78, 5) is 12.5. The number of hydrogen-bond acceptors (Lipinski definition) is 3. The predicted molar refractivity (Wildman–Crippen MR) is 98.1 cm³/mol. The third-order valence-corrected chi connectivity index (χ3v) is 6.41. The predicted octanol–water partition coefficient (Wildman–Crippen LogP) is 3.35. The molecule has 0 saturated heterocycles. The largest absolute Gasteiger partial charge is 0.349 e. The molecule has 0 spiro atoms. The van der Waals surface area contributed by atoms with E-state index in [1.165, 1.54) is 5.56 Å². The Labute approximate surface area is 149 Å². The van der Waals surface area contributed by atoms with Gasteiger partial charge in [0.15, 0.2) is 9.84 Å². The van der Waals surface area contributed by atoms with E-state index >= 15 is 0 Å². The molecule has 0 bridgehead atoms. The molecule has 1 N–H and O–H groups in total. The van der Waals surface area contributed by atoms with Crippen molar-refractivity contribution in [1.29, 1.82) is 0 Å². The van der Waals surface area contributed by atoms with Crippen LogP contribution in [0.5, 0.6) is 0 Å². The van der Waals surface area contributed by atoms with E-state index in [9.17, 15) is 13.2 Å². The molecule has 132 valence electrons. The molecule has 0 aliphatic heterocycles. The van der Waals surface area contributed by atoms with Gasteiger partial charge in [0.1, 0.15) is 0 Å². The number of benzene rings is 2. The molecule has 1 unspecified atom stereocenters. The van der Waals surface area contributed by atoms with Gasteiger partial charge in [-0.3, -0.25) is 4.79 Å². The number of amides is 1. The summed E-state index contributed by atoms with van der Waals surface area (Å²) < 4.78 is 24.7. The number of hydrogen-bond donors (Lipinski definition) is 1. The molecule has 2 aromatic rings. The quantitative estimate of drug-likeness (QED) is 0.892. The summed E-state index contributed by atoms with van der Waals surface area (Å²) >= 11 is 0. The summed E-state index contributed by atoms with van der Waals surface area (Å²) in [5.41, 5.74) is 3.43. The van der Waals surface area contributed by atoms with Gasteiger partial charge in [-0.15, -0.1) is 0 Å². The molecular formula is C20H23NO3S. The van der Waals surface area contributed by atoms with E-state index in [0.717, 1.165) is 30.4 Å². The zero-order valence-corrected chi connectivity index (χ0v) is 15.2. The third kappa shape index (κ3) is 4.28. The van der Waals surface area contributed by atoms with Crippen LogP contribution in [0, 0.1) is 6.92 Å². The Kier molecular flexibility index (Phi) is 5.23. The fourth-order valence-corrected chi connectivity index (χ4v) is 4.50. The van der Waals surface area contributed by atoms with Gasteiger partial charge in [-0.1, -0.05) is 42.0 Å². The Hall–Kier alpha value is -2.14. The molecule has 5 heteroatoms. The van der Waals surface area contributed by atoms with Gasteiger partial charge in [0.2, 0.25) is 5.91 Å². The number of carbonyl (C=O) groups excluding carboxylic acids is 1. The van der Waals surface area contributed by atoms with Crippen molar-refractivity contribution < 1.29 is 13.2 Å². The Bertz CT molecular complexity index is 857. The van der Waals surface area contributed by atoms with E-state index in [-0.39, 0.29) is 29.0 Å². The number of fused-ring (bicyclic) bond motifs is 1. The van der Waals surface area contributed by atoms with E-state index in [2.05, 4.69) is 11.4 Å². The molecular weight excluding hydrogens is 334 g/mol. The highest BCUT2D eigenvalue weighted by Gasteiger charge is 2.22. The molecule has 0 radical (unpaired) electrons. The Morgan fingerprint density at radius 3 is 2.60 bits per heavy atom. The number of nitrogens with one attached hydrogen (secondary N) is 1. The molecule has 1 aliphatic rings. The van der Waals surface area contributed by atoms with Gasteiger partial charge in [-0.25, -0.2) is 8.42 Å². The lowest BCUT2D eigenvalue weighted by Crippen LogP contribution is -2.32. The van der Waals surface area contributed by atoms with Crippen molar-refractivity contribution in [2.24, 2.45) is 0 Å². The molecule has 2 aromatic carbocycles. The molecule has 3 rings (SSSR count). The van der Waals surface area contributed by atoms with Crippen molar-refractivity contribution >= 4 is 15.7 Å². The summed E-state index contributed by atoms with van der Waals surface area (Å²) in [6.07, 6.45) is 2.94. The van der Waals surface area contributed by atoms with Crippen LogP contribution >= 0.6 is 0 Å². The topological polar surface area (TPSA) is 63.2 Å². The maximum atomic E-state index is 12.4. The second kappa shape index (κ2) is 7.40. The number of rotatable bonds is 5. The van der Waals surface area contributed by atoms with Crippen molar-refractivity contribution in [2.75, 3.05) is 5.75 Å². The molecule has 0 saturated carbocycles. The van der Waals surface area contributed by atoms with Gasteiger partial charge in [0, 0.05) is 6.42 Å². The van der Waals surface area contributed by atoms with Gasteiger partial charge < -0.3 is 5.32 Å². The van der Waals surface area contributed by atoms with Crippen LogP contribution in [0.25, 0.3) is 0 Å². The highest BCUT2D eigenvalue weighted by Crippen LogP contribution is 2.29. The first kappa shape index (κ1) is 17.7. The maximum Gasteiger partial charge on any atom is 0.221 e. The second-order valence-corrected chi connectivity index (χ2v) is 8.70. The zero-order valence-electron chi connectivity index (χ0n) is 14.4. The summed E-state index contributed by atoms with van der Waals surface area (Å²) in [5, 5.41) is 3.00. The van der Waals surface area contributed by atoms with Crippen LogP contribution in [0.15, 0.2) is 53.4 Å². The molecule has 0 aromatic heterocycles. The summed E-state index contributed by atoms with van der Waals surface area (Å²) in [5.74, 6) is -0.381. The minimum atomic E-state index is -3.43. The summed E-state index contributed by atoms with van der Waals surface area (Å²) in [6, 6.07) is 14.8. The Morgan fingerprint density at radius 1 is 1.12 bits per heavy atom. The van der Waals surface area contributed by atoms with Crippen molar-refractivity contribution in [3.8, 4) is 0 Å². The summed E-state index contributed by atoms with van der Waals surface area (Å²) in [7, 11) is -3.43. The van der Waals surface area contributed by atoms with Crippen LogP contribution < -0.4 is 5.32 Å². The first-order chi connectivity index (χ1) is 12.0. The molecule has 1 atom stereocenters. The van der Waals surface area contributed by atoms with Crippen LogP contribution in [-0.2, 0) is 21.1 Å². The molecule has 1 aliphatic carbocycles. The normalized spacial score (nSPS) is 16.9. The van der Waals surface area contributed by atoms with Crippen molar-refractivity contribution in [3.63, 3.8) is 0 Å². The number of sulfone groups is 1. The van der Waals surface area contributed by atoms with Crippen LogP contribution in [0.4, 0.5) is 0 Å². The minimum absolute atomic E-state index is 0.0143. The molecule has 25 heavy (non-hydrogen) atoms. The standard InChI is InChI=1S/C20H23NO3S/c1-15-9-11-17(12-10-15)25(23,24)14-13-20(22)21-19-8-4-6-16-5-2-3-7-18(16)19/h2-3,5,7,9-12,19H,4,6,8,13-14H2,1H3,(H,21,22). The average Bonchev–Trinajstić information content (AvgIpc) is 2.61. The smallest absolute Gasteiger partial charge is 0.221 e. The number of aryl methyl sites for hydroxylation is 2. The number of carbonyl (C=O) groups is 1. The van der Waals surface area contributed by atoms with Crippen LogP contribution in [-0.4, -0.2) is 20.1 Å². The van der Waals surface area contributed by atoms with E-state index in [0.29, 0.717) is 0 Å². The monoisotopic (exact) mass is 357 g/mol. The summed E-state index contributed by atoms with van der Waals surface area (Å²) in [6.45, 7) is 1.91. The highest BCUT2D eigenvalue weighted by atomic mass is 32.2. The Morgan fingerprint density at radius 2 is 1.84 bits per heavy atom. The van der Waals surface area contributed by atoms with Crippen LogP contribution in [0.3, 0.4) is 0 Å². The average molecular weight is 357 g/mol. The van der Waals surface area contributed by atoms with Gasteiger partial charge >= 0.3 is 0 Å². The molecule has 1 amide bonds. The lowest BCUT2D eigenvalue weighted by atomic mass is 9.88. The van der Waals surface area contributed by atoms with E-state index in [1.54, 1.807) is 24.3 Å². The fourth-order valence-electron chi connectivity index (χ4n) is 3.26. The maximum absolute atomic E-state index is 12.4. The van der Waals surface area contributed by atoms with E-state index < -0.39 is 9.84 Å². The van der Waals surface area contributed by atoms with Gasteiger partial charge in [-0.2, -0.15) is 0 Å². The SMILES string of the molecule is Cc1ccc(S(=O)(=O)CCC(=O)NC2CCCc3ccccc32)cc1. The third-order valence-electron chi connectivity index (χ3n) is 4.68. The lowest BCUT2D eigenvalue weighted by Gasteiger charge is -2.26. The van der Waals surface area contributed by atoms with Gasteiger partial charge in [0.05, 0.1) is 16.7 Å². The van der Waals surface area contributed by atoms with Crippen LogP contribution in [0.2, 0.25) is 0 Å². The van der Waals surface area contributed by atoms with E-state index in [4.69, 9.17) is 0 Å². The van der Waals surface area contributed by atoms with Gasteiger partial charge in [-0.05, 0) is 49.4 Å². The minimum Gasteiger partial charge on any atom is -0.349 e. The highest BCUT2D eigenvalue weighted by molar-refractivity contribution is 7.91. The second-order valence-electron chi connectivity index (χ2n) is 6.59. The van der Waals surface area contributed by atoms with Gasteiger partial charge in [0.25, 0.3) is 0 Å². The Balaban J connectivity index is 1.61. The fraction of sp³-hybridized carbons (Fsp3) is 0.350. The molecule has 0 fully saturated rings. The van der Waals surface area contributed by atoms with Crippen molar-refractivity contribution in [1.82, 2.24) is 5.32 Å². The molecule has 0 heterocycles. The van der Waals surface area contributed by atoms with Crippen molar-refractivity contribution in [2.45, 2.75) is 43.5 Å². The molecule has 4 nitrogen and oxygen atoms in total. The zero-order chi connectivity index (χ0) is 17.9. The first-order valence-corrected chi connectivity index (χ1v) is 10.3. The van der Waals surface area contributed by atoms with Crippen LogP contribution in [0.1, 0.15) is 42.0 Å². The van der Waals surface area contributed by atoms with E-state index in [1.807, 2.05) is 25.1 Å². The lowest BCUT2D eigenvalue weighted by molar-refractivity contribution is -0.121.